The summed E-state index contributed by atoms with van der Waals surface area (Å²) >= 11 is 0. The highest BCUT2D eigenvalue weighted by molar-refractivity contribution is 5.27. The molecule has 1 aromatic carbocycles. The van der Waals surface area contributed by atoms with Gasteiger partial charge in [-0.3, -0.25) is 9.80 Å². The smallest absolute Gasteiger partial charge is 0.119 e. The van der Waals surface area contributed by atoms with Gasteiger partial charge >= 0.3 is 0 Å². The molecule has 0 spiro atoms. The Hall–Kier alpha value is -1.10. The minimum atomic E-state index is 0.281. The molecular formula is C21H34N2O2. The molecule has 4 nitrogen and oxygen atoms in total. The second-order valence-electron chi connectivity index (χ2n) is 7.50. The van der Waals surface area contributed by atoms with Crippen LogP contribution in [0, 0.1) is 0 Å². The maximum absolute atomic E-state index is 9.53. The van der Waals surface area contributed by atoms with Crippen molar-refractivity contribution < 1.29 is 9.84 Å². The van der Waals surface area contributed by atoms with Gasteiger partial charge in [-0.1, -0.05) is 31.4 Å². The van der Waals surface area contributed by atoms with Gasteiger partial charge in [0.1, 0.15) is 5.75 Å². The van der Waals surface area contributed by atoms with Crippen molar-refractivity contribution >= 4 is 0 Å². The van der Waals surface area contributed by atoms with E-state index in [-0.39, 0.29) is 6.61 Å². The number of piperazine rings is 1. The molecule has 1 unspecified atom stereocenters. The lowest BCUT2D eigenvalue weighted by Crippen LogP contribution is -2.56. The van der Waals surface area contributed by atoms with Gasteiger partial charge in [-0.25, -0.2) is 0 Å². The molecule has 0 aromatic heterocycles. The van der Waals surface area contributed by atoms with E-state index >= 15 is 0 Å². The third-order valence-corrected chi connectivity index (χ3v) is 5.81. The predicted octanol–water partition coefficient (Wildman–Crippen LogP) is 3.29. The lowest BCUT2D eigenvalue weighted by Gasteiger charge is -2.45. The van der Waals surface area contributed by atoms with Gasteiger partial charge in [0.15, 0.2) is 0 Å². The molecule has 0 bridgehead atoms. The zero-order chi connectivity index (χ0) is 17.5. The van der Waals surface area contributed by atoms with Gasteiger partial charge in [-0.2, -0.15) is 0 Å². The summed E-state index contributed by atoms with van der Waals surface area (Å²) in [6.45, 7) is 7.36. The summed E-state index contributed by atoms with van der Waals surface area (Å²) in [6, 6.07) is 9.73. The Labute approximate surface area is 152 Å². The van der Waals surface area contributed by atoms with Crippen LogP contribution in [0.2, 0.25) is 0 Å². The highest BCUT2D eigenvalue weighted by atomic mass is 16.5. The molecule has 1 aliphatic heterocycles. The summed E-state index contributed by atoms with van der Waals surface area (Å²) in [7, 11) is 0. The van der Waals surface area contributed by atoms with E-state index in [2.05, 4.69) is 34.1 Å². The second kappa shape index (κ2) is 9.56. The third kappa shape index (κ3) is 5.19. The first-order valence-corrected chi connectivity index (χ1v) is 10.1. The van der Waals surface area contributed by atoms with Crippen molar-refractivity contribution in [3.8, 4) is 5.75 Å². The van der Waals surface area contributed by atoms with Crippen molar-refractivity contribution in [2.24, 2.45) is 0 Å². The van der Waals surface area contributed by atoms with Crippen molar-refractivity contribution in [1.82, 2.24) is 9.80 Å². The SMILES string of the molecule is CCOc1ccc(CN2CCN(C3CCCCC3)CC2CCO)cc1. The zero-order valence-electron chi connectivity index (χ0n) is 15.7. The van der Waals surface area contributed by atoms with Crippen molar-refractivity contribution in [1.29, 1.82) is 0 Å². The van der Waals surface area contributed by atoms with E-state index in [0.717, 1.165) is 37.8 Å². The maximum atomic E-state index is 9.53. The number of nitrogens with zero attached hydrogens (tertiary/aromatic N) is 2. The highest BCUT2D eigenvalue weighted by Crippen LogP contribution is 2.26. The van der Waals surface area contributed by atoms with Crippen LogP contribution in [0.15, 0.2) is 24.3 Å². The fourth-order valence-corrected chi connectivity index (χ4v) is 4.42. The Morgan fingerprint density at radius 3 is 2.52 bits per heavy atom. The van der Waals surface area contributed by atoms with Crippen LogP contribution >= 0.6 is 0 Å². The number of hydrogen-bond acceptors (Lipinski definition) is 4. The number of ether oxygens (including phenoxy) is 1. The van der Waals surface area contributed by atoms with Crippen LogP contribution in [-0.2, 0) is 6.54 Å². The minimum Gasteiger partial charge on any atom is -0.494 e. The van der Waals surface area contributed by atoms with Crippen LogP contribution in [0.1, 0.15) is 51.0 Å². The fourth-order valence-electron chi connectivity index (χ4n) is 4.42. The van der Waals surface area contributed by atoms with Crippen LogP contribution < -0.4 is 4.74 Å². The molecule has 1 saturated heterocycles. The molecule has 0 amide bonds. The molecule has 140 valence electrons. The van der Waals surface area contributed by atoms with Gasteiger partial charge in [0, 0.05) is 44.9 Å². The van der Waals surface area contributed by atoms with E-state index in [1.807, 2.05) is 6.92 Å². The fraction of sp³-hybridized carbons (Fsp3) is 0.714. The summed E-state index contributed by atoms with van der Waals surface area (Å²) in [4.78, 5) is 5.26. The predicted molar refractivity (Wildman–Crippen MR) is 102 cm³/mol. The summed E-state index contributed by atoms with van der Waals surface area (Å²) in [5, 5.41) is 9.53. The first-order chi connectivity index (χ1) is 12.3. The normalized spacial score (nSPS) is 23.7. The molecule has 2 aliphatic rings. The minimum absolute atomic E-state index is 0.281. The second-order valence-corrected chi connectivity index (χ2v) is 7.50. The average Bonchev–Trinajstić information content (AvgIpc) is 2.66. The molecule has 4 heteroatoms. The lowest BCUT2D eigenvalue weighted by molar-refractivity contribution is 0.0222. The quantitative estimate of drug-likeness (QED) is 0.822. The van der Waals surface area contributed by atoms with Crippen LogP contribution in [0.5, 0.6) is 5.75 Å². The maximum Gasteiger partial charge on any atom is 0.119 e. The molecular weight excluding hydrogens is 312 g/mol. The molecule has 0 radical (unpaired) electrons. The lowest BCUT2D eigenvalue weighted by atomic mass is 9.92. The Morgan fingerprint density at radius 1 is 1.08 bits per heavy atom. The molecule has 1 N–H and O–H groups in total. The molecule has 1 aromatic rings. The first-order valence-electron chi connectivity index (χ1n) is 10.1. The summed E-state index contributed by atoms with van der Waals surface area (Å²) in [5.41, 5.74) is 1.33. The van der Waals surface area contributed by atoms with E-state index < -0.39 is 0 Å². The van der Waals surface area contributed by atoms with Gasteiger partial charge in [0.05, 0.1) is 6.61 Å². The number of aliphatic hydroxyl groups is 1. The molecule has 2 fully saturated rings. The average molecular weight is 347 g/mol. The number of rotatable bonds is 7. The summed E-state index contributed by atoms with van der Waals surface area (Å²) < 4.78 is 5.54. The van der Waals surface area contributed by atoms with Crippen LogP contribution in [0.3, 0.4) is 0 Å². The number of benzene rings is 1. The molecule has 25 heavy (non-hydrogen) atoms. The van der Waals surface area contributed by atoms with Crippen LogP contribution in [-0.4, -0.2) is 59.8 Å². The molecule has 1 aliphatic carbocycles. The number of aliphatic hydroxyl groups excluding tert-OH is 1. The molecule has 3 rings (SSSR count). The summed E-state index contributed by atoms with van der Waals surface area (Å²) in [5.74, 6) is 0.945. The van der Waals surface area contributed by atoms with Crippen molar-refractivity contribution in [2.75, 3.05) is 32.8 Å². The van der Waals surface area contributed by atoms with Crippen molar-refractivity contribution in [3.63, 3.8) is 0 Å². The van der Waals surface area contributed by atoms with Gasteiger partial charge in [0.2, 0.25) is 0 Å². The Kier molecular flexibility index (Phi) is 7.14. The zero-order valence-corrected chi connectivity index (χ0v) is 15.7. The van der Waals surface area contributed by atoms with E-state index in [4.69, 9.17) is 4.74 Å². The van der Waals surface area contributed by atoms with Gasteiger partial charge < -0.3 is 9.84 Å². The highest BCUT2D eigenvalue weighted by Gasteiger charge is 2.31. The van der Waals surface area contributed by atoms with Gasteiger partial charge in [-0.05, 0) is 43.9 Å². The summed E-state index contributed by atoms with van der Waals surface area (Å²) in [6.07, 6.45) is 7.80. The Balaban J connectivity index is 1.58. The molecule has 1 heterocycles. The van der Waals surface area contributed by atoms with E-state index in [1.54, 1.807) is 0 Å². The number of hydrogen-bond donors (Lipinski definition) is 1. The first kappa shape index (κ1) is 18.7. The largest absolute Gasteiger partial charge is 0.494 e. The topological polar surface area (TPSA) is 35.9 Å². The van der Waals surface area contributed by atoms with Crippen LogP contribution in [0.4, 0.5) is 0 Å². The molecule has 1 saturated carbocycles. The van der Waals surface area contributed by atoms with Crippen LogP contribution in [0.25, 0.3) is 0 Å². The third-order valence-electron chi connectivity index (χ3n) is 5.81. The molecule has 1 atom stereocenters. The standard InChI is InChI=1S/C21H34N2O2/c1-2-25-21-10-8-18(9-11-21)16-22-13-14-23(17-20(22)12-15-24)19-6-4-3-5-7-19/h8-11,19-20,24H,2-7,12-17H2,1H3. The van der Waals surface area contributed by atoms with E-state index in [9.17, 15) is 5.11 Å². The van der Waals surface area contributed by atoms with Crippen molar-refractivity contribution in [3.05, 3.63) is 29.8 Å². The Bertz CT molecular complexity index is 499. The monoisotopic (exact) mass is 346 g/mol. The van der Waals surface area contributed by atoms with E-state index in [1.165, 1.54) is 44.2 Å². The van der Waals surface area contributed by atoms with Gasteiger partial charge in [0.25, 0.3) is 0 Å². The van der Waals surface area contributed by atoms with E-state index in [0.29, 0.717) is 12.6 Å². The van der Waals surface area contributed by atoms with Crippen molar-refractivity contribution in [2.45, 2.75) is 64.1 Å². The van der Waals surface area contributed by atoms with Gasteiger partial charge in [-0.15, -0.1) is 0 Å². The Morgan fingerprint density at radius 2 is 1.84 bits per heavy atom.